The molecule has 0 saturated carbocycles. The van der Waals surface area contributed by atoms with Gasteiger partial charge in [-0.3, -0.25) is 4.79 Å². The number of carbonyl (C=O) groups excluding carboxylic acids is 1. The van der Waals surface area contributed by atoms with E-state index < -0.39 is 10.0 Å². The van der Waals surface area contributed by atoms with E-state index in [1.165, 1.54) is 26.2 Å². The third-order valence-corrected chi connectivity index (χ3v) is 5.25. The number of amides is 1. The number of benzene rings is 1. The molecule has 1 fully saturated rings. The van der Waals surface area contributed by atoms with Crippen LogP contribution in [0.1, 0.15) is 12.8 Å². The minimum absolute atomic E-state index is 0.0141. The smallest absolute Gasteiger partial charge is 0.260 e. The number of sulfonamides is 1. The Bertz CT molecular complexity index is 590. The lowest BCUT2D eigenvalue weighted by atomic mass is 10.3. The molecule has 0 radical (unpaired) electrons. The van der Waals surface area contributed by atoms with Crippen LogP contribution >= 0.6 is 0 Å². The second-order valence-corrected chi connectivity index (χ2v) is 7.29. The maximum Gasteiger partial charge on any atom is 0.260 e. The second-order valence-electron chi connectivity index (χ2n) is 5.14. The number of hydrogen-bond acceptors (Lipinski definition) is 4. The highest BCUT2D eigenvalue weighted by molar-refractivity contribution is 7.89. The van der Waals surface area contributed by atoms with Gasteiger partial charge >= 0.3 is 0 Å². The molecule has 1 amide bonds. The molecule has 1 heterocycles. The number of carbonyl (C=O) groups is 1. The Hall–Kier alpha value is -1.60. The third kappa shape index (κ3) is 3.74. The molecule has 1 aliphatic rings. The predicted octanol–water partition coefficient (Wildman–Crippen LogP) is 0.938. The van der Waals surface area contributed by atoms with Crippen molar-refractivity contribution in [2.75, 3.05) is 33.8 Å². The maximum atomic E-state index is 11.9. The first-order chi connectivity index (χ1) is 9.91. The zero-order chi connectivity index (χ0) is 15.5. The Labute approximate surface area is 125 Å². The second kappa shape index (κ2) is 6.44. The largest absolute Gasteiger partial charge is 0.484 e. The molecule has 2 rings (SSSR count). The van der Waals surface area contributed by atoms with Gasteiger partial charge in [0.25, 0.3) is 5.91 Å². The van der Waals surface area contributed by atoms with Gasteiger partial charge in [0.2, 0.25) is 10.0 Å². The Morgan fingerprint density at radius 2 is 1.76 bits per heavy atom. The summed E-state index contributed by atoms with van der Waals surface area (Å²) in [5.74, 6) is 0.456. The molecule has 0 atom stereocenters. The first kappa shape index (κ1) is 15.8. The van der Waals surface area contributed by atoms with Crippen molar-refractivity contribution in [2.24, 2.45) is 0 Å². The summed E-state index contributed by atoms with van der Waals surface area (Å²) in [6.07, 6.45) is 2.09. The number of ether oxygens (including phenoxy) is 1. The molecule has 0 aromatic heterocycles. The van der Waals surface area contributed by atoms with Gasteiger partial charge in [-0.05, 0) is 37.1 Å². The van der Waals surface area contributed by atoms with Crippen LogP contribution in [-0.2, 0) is 14.8 Å². The van der Waals surface area contributed by atoms with Crippen molar-refractivity contribution >= 4 is 15.9 Å². The Morgan fingerprint density at radius 3 is 2.29 bits per heavy atom. The van der Waals surface area contributed by atoms with Crippen LogP contribution in [0.5, 0.6) is 5.75 Å². The van der Waals surface area contributed by atoms with E-state index in [0.717, 1.165) is 30.2 Å². The Balaban J connectivity index is 1.95. The van der Waals surface area contributed by atoms with Crippen molar-refractivity contribution in [2.45, 2.75) is 17.7 Å². The molecule has 1 saturated heterocycles. The van der Waals surface area contributed by atoms with Gasteiger partial charge in [-0.15, -0.1) is 0 Å². The normalized spacial score (nSPS) is 15.5. The summed E-state index contributed by atoms with van der Waals surface area (Å²) in [5, 5.41) is 0. The first-order valence-corrected chi connectivity index (χ1v) is 8.28. The molecular formula is C14H20N2O4S. The minimum Gasteiger partial charge on any atom is -0.484 e. The molecule has 1 aromatic carbocycles. The summed E-state index contributed by atoms with van der Waals surface area (Å²) in [6, 6.07) is 6.08. The molecule has 1 aromatic rings. The molecule has 0 N–H and O–H groups in total. The fraction of sp³-hybridized carbons (Fsp3) is 0.500. The number of hydrogen-bond donors (Lipinski definition) is 0. The van der Waals surface area contributed by atoms with Crippen molar-refractivity contribution in [3.63, 3.8) is 0 Å². The monoisotopic (exact) mass is 312 g/mol. The van der Waals surface area contributed by atoms with Crippen LogP contribution in [0.4, 0.5) is 0 Å². The lowest BCUT2D eigenvalue weighted by Gasteiger charge is -2.16. The summed E-state index contributed by atoms with van der Waals surface area (Å²) in [5.41, 5.74) is 0. The molecule has 0 unspecified atom stereocenters. The van der Waals surface area contributed by atoms with Gasteiger partial charge in [0.1, 0.15) is 5.75 Å². The molecule has 0 aliphatic carbocycles. The van der Waals surface area contributed by atoms with Crippen LogP contribution < -0.4 is 4.74 Å². The number of nitrogens with zero attached hydrogens (tertiary/aromatic N) is 2. The van der Waals surface area contributed by atoms with Crippen LogP contribution in [0.15, 0.2) is 29.2 Å². The van der Waals surface area contributed by atoms with Gasteiger partial charge in [-0.25, -0.2) is 12.7 Å². The average Bonchev–Trinajstić information content (AvgIpc) is 2.99. The van der Waals surface area contributed by atoms with E-state index in [2.05, 4.69) is 0 Å². The molecular weight excluding hydrogens is 292 g/mol. The van der Waals surface area contributed by atoms with Gasteiger partial charge in [-0.2, -0.15) is 0 Å². The zero-order valence-electron chi connectivity index (χ0n) is 12.3. The van der Waals surface area contributed by atoms with E-state index >= 15 is 0 Å². The van der Waals surface area contributed by atoms with Crippen molar-refractivity contribution in [3.8, 4) is 5.75 Å². The summed E-state index contributed by atoms with van der Waals surface area (Å²) in [7, 11) is -0.474. The highest BCUT2D eigenvalue weighted by atomic mass is 32.2. The van der Waals surface area contributed by atoms with Gasteiger partial charge in [0, 0.05) is 27.2 Å². The van der Waals surface area contributed by atoms with E-state index in [1.807, 2.05) is 0 Å². The third-order valence-electron chi connectivity index (χ3n) is 3.42. The highest BCUT2D eigenvalue weighted by Gasteiger charge is 2.19. The molecule has 1 aliphatic heterocycles. The molecule has 7 heteroatoms. The quantitative estimate of drug-likeness (QED) is 0.811. The first-order valence-electron chi connectivity index (χ1n) is 6.84. The summed E-state index contributed by atoms with van der Waals surface area (Å²) in [6.45, 7) is 1.57. The Kier molecular flexibility index (Phi) is 4.84. The summed E-state index contributed by atoms with van der Waals surface area (Å²) < 4.78 is 30.4. The van der Waals surface area contributed by atoms with E-state index in [4.69, 9.17) is 4.74 Å². The fourth-order valence-electron chi connectivity index (χ4n) is 2.12. The van der Waals surface area contributed by atoms with E-state index in [1.54, 1.807) is 17.0 Å². The van der Waals surface area contributed by atoms with E-state index in [9.17, 15) is 13.2 Å². The van der Waals surface area contributed by atoms with Crippen molar-refractivity contribution < 1.29 is 17.9 Å². The minimum atomic E-state index is -3.44. The lowest BCUT2D eigenvalue weighted by molar-refractivity contribution is -0.132. The van der Waals surface area contributed by atoms with E-state index in [0.29, 0.717) is 5.75 Å². The lowest BCUT2D eigenvalue weighted by Crippen LogP contribution is -2.32. The van der Waals surface area contributed by atoms with Crippen molar-refractivity contribution in [3.05, 3.63) is 24.3 Å². The summed E-state index contributed by atoms with van der Waals surface area (Å²) >= 11 is 0. The van der Waals surface area contributed by atoms with Gasteiger partial charge in [-0.1, -0.05) is 0 Å². The highest BCUT2D eigenvalue weighted by Crippen LogP contribution is 2.18. The maximum absolute atomic E-state index is 11.9. The molecule has 0 bridgehead atoms. The van der Waals surface area contributed by atoms with Crippen LogP contribution in [0.3, 0.4) is 0 Å². The standard InChI is InChI=1S/C14H20N2O4S/c1-15(2)21(18,19)13-7-5-12(6-8-13)20-11-14(17)16-9-3-4-10-16/h5-8H,3-4,9-11H2,1-2H3. The van der Waals surface area contributed by atoms with Crippen molar-refractivity contribution in [1.29, 1.82) is 0 Å². The molecule has 0 spiro atoms. The van der Waals surface area contributed by atoms with Crippen molar-refractivity contribution in [1.82, 2.24) is 9.21 Å². The van der Waals surface area contributed by atoms with Crippen LogP contribution in [0, 0.1) is 0 Å². The van der Waals surface area contributed by atoms with Crippen LogP contribution in [-0.4, -0.2) is 57.3 Å². The topological polar surface area (TPSA) is 66.9 Å². The van der Waals surface area contributed by atoms with Crippen LogP contribution in [0.2, 0.25) is 0 Å². The average molecular weight is 312 g/mol. The van der Waals surface area contributed by atoms with Gasteiger partial charge in [0.05, 0.1) is 4.90 Å². The molecule has 116 valence electrons. The van der Waals surface area contributed by atoms with Crippen LogP contribution in [0.25, 0.3) is 0 Å². The molecule has 6 nitrogen and oxygen atoms in total. The summed E-state index contributed by atoms with van der Waals surface area (Å²) in [4.78, 5) is 13.8. The van der Waals surface area contributed by atoms with Gasteiger partial charge < -0.3 is 9.64 Å². The number of likely N-dealkylation sites (tertiary alicyclic amines) is 1. The Morgan fingerprint density at radius 1 is 1.19 bits per heavy atom. The SMILES string of the molecule is CN(C)S(=O)(=O)c1ccc(OCC(=O)N2CCCC2)cc1. The fourth-order valence-corrected chi connectivity index (χ4v) is 3.02. The number of rotatable bonds is 5. The predicted molar refractivity (Wildman–Crippen MR) is 78.6 cm³/mol. The zero-order valence-corrected chi connectivity index (χ0v) is 13.1. The van der Waals surface area contributed by atoms with E-state index in [-0.39, 0.29) is 17.4 Å². The molecule has 21 heavy (non-hydrogen) atoms. The van der Waals surface area contributed by atoms with Gasteiger partial charge in [0.15, 0.2) is 6.61 Å².